The molecule has 31 heavy (non-hydrogen) atoms. The third-order valence-electron chi connectivity index (χ3n) is 4.56. The molecule has 9 nitrogen and oxygen atoms in total. The molecule has 0 heterocycles. The number of rotatable bonds is 12. The number of aryl methyl sites for hydroxylation is 1. The Hall–Kier alpha value is -3.72. The van der Waals surface area contributed by atoms with Crippen LogP contribution in [0.3, 0.4) is 0 Å². The molecule has 0 saturated heterocycles. The number of aliphatic carboxylic acids is 1. The summed E-state index contributed by atoms with van der Waals surface area (Å²) in [4.78, 5) is 35.4. The van der Waals surface area contributed by atoms with E-state index in [1.165, 1.54) is 0 Å². The van der Waals surface area contributed by atoms with Gasteiger partial charge in [0.25, 0.3) is 0 Å². The topological polar surface area (TPSA) is 157 Å². The van der Waals surface area contributed by atoms with E-state index in [-0.39, 0.29) is 31.4 Å². The average Bonchev–Trinajstić information content (AvgIpc) is 2.76. The van der Waals surface area contributed by atoms with Crippen LogP contribution in [0, 0.1) is 5.41 Å². The van der Waals surface area contributed by atoms with Crippen molar-refractivity contribution in [1.82, 2.24) is 16.0 Å². The Morgan fingerprint density at radius 3 is 2.23 bits per heavy atom. The molecule has 0 radical (unpaired) electrons. The number of hydrogen-bond acceptors (Lipinski definition) is 5. The molecule has 2 rings (SSSR count). The van der Waals surface area contributed by atoms with Gasteiger partial charge in [-0.15, -0.1) is 0 Å². The van der Waals surface area contributed by atoms with Crippen LogP contribution in [-0.4, -0.2) is 47.9 Å². The molecule has 0 unspecified atom stereocenters. The lowest BCUT2D eigenvalue weighted by atomic mass is 10.0. The van der Waals surface area contributed by atoms with Crippen LogP contribution < -0.4 is 21.7 Å². The summed E-state index contributed by atoms with van der Waals surface area (Å²) in [6, 6.07) is 15.7. The number of benzene rings is 2. The van der Waals surface area contributed by atoms with Crippen LogP contribution in [0.25, 0.3) is 0 Å². The van der Waals surface area contributed by atoms with E-state index in [9.17, 15) is 14.4 Å². The van der Waals surface area contributed by atoms with Crippen molar-refractivity contribution >= 4 is 23.6 Å². The molecule has 2 aromatic carbocycles. The predicted octanol–water partition coefficient (Wildman–Crippen LogP) is 0.379. The van der Waals surface area contributed by atoms with Gasteiger partial charge in [0.1, 0.15) is 5.84 Å². The minimum atomic E-state index is -1.06. The lowest BCUT2D eigenvalue weighted by Crippen LogP contribution is -2.48. The molecule has 2 aromatic rings. The third kappa shape index (κ3) is 8.67. The van der Waals surface area contributed by atoms with Gasteiger partial charge in [0.15, 0.2) is 0 Å². The molecule has 2 amide bonds. The summed E-state index contributed by atoms with van der Waals surface area (Å²) < 4.78 is 0. The Kier molecular flexibility index (Phi) is 9.18. The highest BCUT2D eigenvalue weighted by Crippen LogP contribution is 2.06. The Morgan fingerprint density at radius 1 is 0.935 bits per heavy atom. The van der Waals surface area contributed by atoms with Crippen molar-refractivity contribution in [2.45, 2.75) is 25.4 Å². The van der Waals surface area contributed by atoms with Crippen LogP contribution in [0.4, 0.5) is 0 Å². The van der Waals surface area contributed by atoms with Crippen molar-refractivity contribution in [2.24, 2.45) is 5.73 Å². The Bertz CT molecular complexity index is 900. The zero-order chi connectivity index (χ0) is 22.6. The monoisotopic (exact) mass is 425 g/mol. The number of amides is 2. The van der Waals surface area contributed by atoms with Gasteiger partial charge in [0.2, 0.25) is 11.8 Å². The number of carboxylic acids is 1. The molecule has 0 saturated carbocycles. The summed E-state index contributed by atoms with van der Waals surface area (Å²) in [5.74, 6) is -1.90. The van der Waals surface area contributed by atoms with Crippen molar-refractivity contribution < 1.29 is 19.5 Å². The zero-order valence-electron chi connectivity index (χ0n) is 17.1. The number of carbonyl (C=O) groups excluding carboxylic acids is 2. The van der Waals surface area contributed by atoms with Crippen LogP contribution in [-0.2, 0) is 27.3 Å². The fourth-order valence-corrected chi connectivity index (χ4v) is 2.85. The van der Waals surface area contributed by atoms with Gasteiger partial charge in [-0.1, -0.05) is 54.6 Å². The van der Waals surface area contributed by atoms with E-state index in [1.54, 1.807) is 24.3 Å². The lowest BCUT2D eigenvalue weighted by Gasteiger charge is -2.17. The molecular weight excluding hydrogens is 398 g/mol. The van der Waals surface area contributed by atoms with Crippen molar-refractivity contribution in [3.05, 3.63) is 71.3 Å². The highest BCUT2D eigenvalue weighted by molar-refractivity contribution is 5.94. The van der Waals surface area contributed by atoms with E-state index < -0.39 is 17.9 Å². The molecule has 0 aliphatic rings. The molecule has 0 aliphatic carbocycles. The van der Waals surface area contributed by atoms with E-state index in [1.807, 2.05) is 30.3 Å². The summed E-state index contributed by atoms with van der Waals surface area (Å²) in [7, 11) is 0. The van der Waals surface area contributed by atoms with Gasteiger partial charge in [0, 0.05) is 12.1 Å². The second kappa shape index (κ2) is 12.1. The van der Waals surface area contributed by atoms with Gasteiger partial charge in [-0.25, -0.2) is 0 Å². The smallest absolute Gasteiger partial charge is 0.317 e. The van der Waals surface area contributed by atoms with Crippen molar-refractivity contribution in [3.63, 3.8) is 0 Å². The normalized spacial score (nSPS) is 11.4. The number of nitrogens with two attached hydrogens (primary N) is 1. The molecule has 0 bridgehead atoms. The van der Waals surface area contributed by atoms with Gasteiger partial charge in [-0.05, 0) is 24.0 Å². The lowest BCUT2D eigenvalue weighted by molar-refractivity contribution is -0.136. The largest absolute Gasteiger partial charge is 0.480 e. The van der Waals surface area contributed by atoms with Crippen molar-refractivity contribution in [1.29, 1.82) is 5.41 Å². The molecule has 0 aromatic heterocycles. The summed E-state index contributed by atoms with van der Waals surface area (Å²) in [5.41, 5.74) is 7.86. The van der Waals surface area contributed by atoms with E-state index in [0.29, 0.717) is 18.4 Å². The predicted molar refractivity (Wildman–Crippen MR) is 117 cm³/mol. The SMILES string of the molecule is N=C(N)c1ccc(CNC(=O)CNC(=O)[C@@H](CCc2ccccc2)NCC(=O)O)cc1. The maximum atomic E-state index is 12.5. The molecule has 0 spiro atoms. The van der Waals surface area contributed by atoms with Gasteiger partial charge >= 0.3 is 5.97 Å². The Morgan fingerprint density at radius 2 is 1.61 bits per heavy atom. The molecule has 9 heteroatoms. The maximum Gasteiger partial charge on any atom is 0.317 e. The Balaban J connectivity index is 1.81. The summed E-state index contributed by atoms with van der Waals surface area (Å²) in [6.45, 7) is -0.308. The van der Waals surface area contributed by atoms with Crippen LogP contribution in [0.15, 0.2) is 54.6 Å². The van der Waals surface area contributed by atoms with Crippen LogP contribution in [0.5, 0.6) is 0 Å². The zero-order valence-corrected chi connectivity index (χ0v) is 17.1. The standard InChI is InChI=1S/C22H27N5O4/c23-21(24)17-9-6-16(7-10-17)12-26-19(28)13-27-22(31)18(25-14-20(29)30)11-8-15-4-2-1-3-5-15/h1-7,9-10,18,25H,8,11-14H2,(H3,23,24)(H,26,28)(H,27,31)(H,29,30)/t18-/m1/s1. The van der Waals surface area contributed by atoms with Crippen LogP contribution in [0.1, 0.15) is 23.1 Å². The summed E-state index contributed by atoms with van der Waals surface area (Å²) >= 11 is 0. The number of nitrogens with one attached hydrogen (secondary N) is 4. The first-order chi connectivity index (χ1) is 14.8. The van der Waals surface area contributed by atoms with E-state index in [2.05, 4.69) is 16.0 Å². The molecule has 1 atom stereocenters. The third-order valence-corrected chi connectivity index (χ3v) is 4.56. The van der Waals surface area contributed by atoms with E-state index in [0.717, 1.165) is 11.1 Å². The van der Waals surface area contributed by atoms with E-state index in [4.69, 9.17) is 16.2 Å². The minimum absolute atomic E-state index is 0.0309. The number of amidine groups is 1. The van der Waals surface area contributed by atoms with Crippen molar-refractivity contribution in [3.8, 4) is 0 Å². The molecule has 0 fully saturated rings. The number of nitrogen functional groups attached to an aromatic ring is 1. The van der Waals surface area contributed by atoms with Gasteiger partial charge in [-0.3, -0.25) is 25.1 Å². The summed E-state index contributed by atoms with van der Waals surface area (Å²) in [5, 5.41) is 24.2. The molecule has 164 valence electrons. The minimum Gasteiger partial charge on any atom is -0.480 e. The number of carboxylic acid groups (broad SMARTS) is 1. The fourth-order valence-electron chi connectivity index (χ4n) is 2.85. The van der Waals surface area contributed by atoms with Gasteiger partial charge in [-0.2, -0.15) is 0 Å². The average molecular weight is 425 g/mol. The van der Waals surface area contributed by atoms with Crippen LogP contribution in [0.2, 0.25) is 0 Å². The maximum absolute atomic E-state index is 12.5. The number of hydrogen-bond donors (Lipinski definition) is 6. The first kappa shape index (κ1) is 23.6. The Labute approximate surface area is 180 Å². The van der Waals surface area contributed by atoms with E-state index >= 15 is 0 Å². The highest BCUT2D eigenvalue weighted by Gasteiger charge is 2.19. The van der Waals surface area contributed by atoms with Crippen LogP contribution >= 0.6 is 0 Å². The first-order valence-corrected chi connectivity index (χ1v) is 9.82. The van der Waals surface area contributed by atoms with Gasteiger partial charge in [0.05, 0.1) is 19.1 Å². The molecular formula is C22H27N5O4. The fraction of sp³-hybridized carbons (Fsp3) is 0.273. The van der Waals surface area contributed by atoms with Crippen molar-refractivity contribution in [2.75, 3.05) is 13.1 Å². The molecule has 0 aliphatic heterocycles. The highest BCUT2D eigenvalue weighted by atomic mass is 16.4. The van der Waals surface area contributed by atoms with Gasteiger partial charge < -0.3 is 21.5 Å². The second-order valence-corrected chi connectivity index (χ2v) is 6.96. The number of carbonyl (C=O) groups is 3. The quantitative estimate of drug-likeness (QED) is 0.213. The second-order valence-electron chi connectivity index (χ2n) is 6.96. The first-order valence-electron chi connectivity index (χ1n) is 9.82. The molecule has 7 N–H and O–H groups in total. The summed E-state index contributed by atoms with van der Waals surface area (Å²) in [6.07, 6.45) is 0.987.